The van der Waals surface area contributed by atoms with Gasteiger partial charge < -0.3 is 0 Å². The predicted octanol–water partition coefficient (Wildman–Crippen LogP) is 8.02. The molecule has 6 aromatic rings. The fraction of sp³-hybridized carbons (Fsp3) is 0.0286. The number of hydrogen-bond donors (Lipinski definition) is 0. The van der Waals surface area contributed by atoms with Crippen LogP contribution in [0.15, 0.2) is 143 Å². The highest BCUT2D eigenvalue weighted by Crippen LogP contribution is 2.61. The Balaban J connectivity index is 1.55. The lowest BCUT2D eigenvalue weighted by molar-refractivity contribution is 0.595. The van der Waals surface area contributed by atoms with Gasteiger partial charge in [0, 0.05) is 0 Å². The van der Waals surface area contributed by atoms with Gasteiger partial charge in [-0.05, 0) is 79.5 Å². The first-order valence-corrected chi connectivity index (χ1v) is 14.3. The quantitative estimate of drug-likeness (QED) is 0.238. The van der Waals surface area contributed by atoms with E-state index in [1.807, 2.05) is 18.2 Å². The van der Waals surface area contributed by atoms with Gasteiger partial charge in [0.05, 0.1) is 15.2 Å². The molecular formula is C35H22O2S. The van der Waals surface area contributed by atoms with Crippen LogP contribution in [0.1, 0.15) is 22.3 Å². The standard InChI is InChI=1S/C35H22O2S/c36-38(37,24-12-2-1-3-13-24)25-20-21-28-26-14-4-6-17-30(26)35(33(28)22-25)31-18-7-5-15-27(31)29-16-8-10-23-11-9-19-32(35)34(23)29/h1-22H. The van der Waals surface area contributed by atoms with Crippen LogP contribution < -0.4 is 0 Å². The maximum absolute atomic E-state index is 13.8. The molecule has 1 unspecified atom stereocenters. The molecule has 1 atom stereocenters. The van der Waals surface area contributed by atoms with Crippen LogP contribution in [-0.4, -0.2) is 8.42 Å². The first-order valence-electron chi connectivity index (χ1n) is 12.8. The number of fused-ring (bicyclic) bond motifs is 9. The summed E-state index contributed by atoms with van der Waals surface area (Å²) >= 11 is 0. The van der Waals surface area contributed by atoms with Gasteiger partial charge in [-0.2, -0.15) is 0 Å². The first-order chi connectivity index (χ1) is 18.6. The molecule has 0 radical (unpaired) electrons. The van der Waals surface area contributed by atoms with Crippen LogP contribution in [0.5, 0.6) is 0 Å². The van der Waals surface area contributed by atoms with Crippen LogP contribution in [0.4, 0.5) is 0 Å². The summed E-state index contributed by atoms with van der Waals surface area (Å²) in [5.74, 6) is 0. The maximum Gasteiger partial charge on any atom is 0.206 e. The van der Waals surface area contributed by atoms with Crippen molar-refractivity contribution in [3.8, 4) is 22.3 Å². The van der Waals surface area contributed by atoms with Crippen molar-refractivity contribution in [2.45, 2.75) is 15.2 Å². The van der Waals surface area contributed by atoms with Gasteiger partial charge in [0.2, 0.25) is 9.84 Å². The molecule has 6 aromatic carbocycles. The van der Waals surface area contributed by atoms with Crippen LogP contribution >= 0.6 is 0 Å². The molecule has 180 valence electrons. The second-order valence-electron chi connectivity index (χ2n) is 10.1. The van der Waals surface area contributed by atoms with Crippen molar-refractivity contribution in [2.24, 2.45) is 0 Å². The molecule has 2 nitrogen and oxygen atoms in total. The highest BCUT2D eigenvalue weighted by atomic mass is 32.2. The van der Waals surface area contributed by atoms with Crippen molar-refractivity contribution < 1.29 is 8.42 Å². The molecule has 8 rings (SSSR count). The zero-order valence-electron chi connectivity index (χ0n) is 20.4. The lowest BCUT2D eigenvalue weighted by Gasteiger charge is -2.40. The Morgan fingerprint density at radius 3 is 1.71 bits per heavy atom. The molecule has 2 aliphatic rings. The summed E-state index contributed by atoms with van der Waals surface area (Å²) < 4.78 is 27.6. The Kier molecular flexibility index (Phi) is 4.28. The molecular weight excluding hydrogens is 484 g/mol. The minimum atomic E-state index is -3.69. The summed E-state index contributed by atoms with van der Waals surface area (Å²) in [7, 11) is -3.69. The Labute approximate surface area is 221 Å². The summed E-state index contributed by atoms with van der Waals surface area (Å²) in [5, 5.41) is 2.42. The first kappa shape index (κ1) is 21.6. The largest absolute Gasteiger partial charge is 0.219 e. The zero-order valence-corrected chi connectivity index (χ0v) is 21.2. The lowest BCUT2D eigenvalue weighted by Crippen LogP contribution is -2.32. The molecule has 0 aliphatic heterocycles. The van der Waals surface area contributed by atoms with Crippen LogP contribution in [-0.2, 0) is 15.3 Å². The van der Waals surface area contributed by atoms with Gasteiger partial charge >= 0.3 is 0 Å². The van der Waals surface area contributed by atoms with Gasteiger partial charge in [0.1, 0.15) is 0 Å². The Bertz CT molecular complexity index is 2040. The predicted molar refractivity (Wildman–Crippen MR) is 152 cm³/mol. The summed E-state index contributed by atoms with van der Waals surface area (Å²) in [6.07, 6.45) is 0. The number of benzene rings is 6. The highest BCUT2D eigenvalue weighted by Gasteiger charge is 2.50. The van der Waals surface area contributed by atoms with Crippen molar-refractivity contribution in [3.05, 3.63) is 156 Å². The average molecular weight is 507 g/mol. The second-order valence-corrected chi connectivity index (χ2v) is 12.0. The van der Waals surface area contributed by atoms with Crippen LogP contribution in [0, 0.1) is 0 Å². The molecule has 0 aromatic heterocycles. The van der Waals surface area contributed by atoms with Crippen molar-refractivity contribution in [1.29, 1.82) is 0 Å². The summed E-state index contributed by atoms with van der Waals surface area (Å²) in [6.45, 7) is 0. The van der Waals surface area contributed by atoms with Gasteiger partial charge in [-0.15, -0.1) is 0 Å². The van der Waals surface area contributed by atoms with Gasteiger partial charge in [-0.1, -0.05) is 109 Å². The van der Waals surface area contributed by atoms with E-state index >= 15 is 0 Å². The topological polar surface area (TPSA) is 34.1 Å². The minimum absolute atomic E-state index is 0.306. The molecule has 0 fully saturated rings. The molecule has 0 amide bonds. The lowest BCUT2D eigenvalue weighted by atomic mass is 9.61. The van der Waals surface area contributed by atoms with Crippen LogP contribution in [0.25, 0.3) is 33.0 Å². The second kappa shape index (κ2) is 7.53. The Hall–Kier alpha value is -4.47. The SMILES string of the molecule is O=S(=O)(c1ccccc1)c1ccc2c(c1)C1(c3ccccc3-2)c2ccccc2-c2cccc3cccc1c23. The molecule has 0 heterocycles. The Morgan fingerprint density at radius 1 is 0.421 bits per heavy atom. The van der Waals surface area contributed by atoms with Crippen molar-refractivity contribution in [1.82, 2.24) is 0 Å². The van der Waals surface area contributed by atoms with Gasteiger partial charge in [-0.3, -0.25) is 0 Å². The van der Waals surface area contributed by atoms with E-state index in [9.17, 15) is 8.42 Å². The average Bonchev–Trinajstić information content (AvgIpc) is 3.27. The molecule has 0 bridgehead atoms. The van der Waals surface area contributed by atoms with E-state index in [-0.39, 0.29) is 0 Å². The van der Waals surface area contributed by atoms with Crippen LogP contribution in [0.3, 0.4) is 0 Å². The normalized spacial score (nSPS) is 16.7. The van der Waals surface area contributed by atoms with Crippen LogP contribution in [0.2, 0.25) is 0 Å². The molecule has 0 saturated heterocycles. The van der Waals surface area contributed by atoms with Gasteiger partial charge in [0.15, 0.2) is 0 Å². The van der Waals surface area contributed by atoms with E-state index in [2.05, 4.69) is 84.9 Å². The minimum Gasteiger partial charge on any atom is -0.219 e. The van der Waals surface area contributed by atoms with Crippen molar-refractivity contribution in [2.75, 3.05) is 0 Å². The summed E-state index contributed by atoms with van der Waals surface area (Å²) in [5.41, 5.74) is 8.61. The third kappa shape index (κ3) is 2.59. The smallest absolute Gasteiger partial charge is 0.206 e. The van der Waals surface area contributed by atoms with E-state index in [1.165, 1.54) is 38.6 Å². The fourth-order valence-electron chi connectivity index (χ4n) is 6.81. The molecule has 1 spiro atoms. The molecule has 2 aliphatic carbocycles. The van der Waals surface area contributed by atoms with E-state index in [4.69, 9.17) is 0 Å². The molecule has 3 heteroatoms. The third-order valence-corrected chi connectivity index (χ3v) is 10.1. The molecule has 38 heavy (non-hydrogen) atoms. The van der Waals surface area contributed by atoms with E-state index in [0.29, 0.717) is 9.79 Å². The summed E-state index contributed by atoms with van der Waals surface area (Å²) in [4.78, 5) is 0.624. The monoisotopic (exact) mass is 506 g/mol. The van der Waals surface area contributed by atoms with Gasteiger partial charge in [0.25, 0.3) is 0 Å². The Morgan fingerprint density at radius 2 is 0.974 bits per heavy atom. The van der Waals surface area contributed by atoms with Crippen molar-refractivity contribution in [3.63, 3.8) is 0 Å². The van der Waals surface area contributed by atoms with E-state index in [1.54, 1.807) is 30.3 Å². The number of sulfone groups is 1. The third-order valence-electron chi connectivity index (χ3n) is 8.31. The maximum atomic E-state index is 13.8. The van der Waals surface area contributed by atoms with E-state index < -0.39 is 15.3 Å². The number of hydrogen-bond acceptors (Lipinski definition) is 2. The molecule has 0 saturated carbocycles. The molecule has 0 N–H and O–H groups in total. The zero-order chi connectivity index (χ0) is 25.5. The fourth-order valence-corrected chi connectivity index (χ4v) is 8.12. The van der Waals surface area contributed by atoms with Crippen molar-refractivity contribution >= 4 is 20.6 Å². The van der Waals surface area contributed by atoms with E-state index in [0.717, 1.165) is 16.7 Å². The number of rotatable bonds is 2. The summed E-state index contributed by atoms with van der Waals surface area (Å²) in [6, 6.07) is 44.6. The highest BCUT2D eigenvalue weighted by molar-refractivity contribution is 7.91. The van der Waals surface area contributed by atoms with Gasteiger partial charge in [-0.25, -0.2) is 8.42 Å².